The number of rotatable bonds is 5. The maximum Gasteiger partial charge on any atom is 0.246 e. The van der Waals surface area contributed by atoms with E-state index in [0.29, 0.717) is 13.1 Å². The van der Waals surface area contributed by atoms with E-state index < -0.39 is 0 Å². The van der Waals surface area contributed by atoms with Crippen molar-refractivity contribution in [2.75, 3.05) is 70.5 Å². The number of hydrogen-bond donors (Lipinski definition) is 1. The van der Waals surface area contributed by atoms with Crippen LogP contribution in [-0.2, 0) is 16.6 Å². The Morgan fingerprint density at radius 2 is 2.07 bits per heavy atom. The molecule has 1 aromatic heterocycles. The van der Waals surface area contributed by atoms with Crippen molar-refractivity contribution in [1.82, 2.24) is 24.9 Å². The Morgan fingerprint density at radius 1 is 1.30 bits per heavy atom. The maximum absolute atomic E-state index is 12.6. The molecule has 27 heavy (non-hydrogen) atoms. The summed E-state index contributed by atoms with van der Waals surface area (Å²) >= 11 is 0. The van der Waals surface area contributed by atoms with E-state index in [1.54, 1.807) is 15.8 Å². The van der Waals surface area contributed by atoms with Gasteiger partial charge in [0, 0.05) is 52.5 Å². The fourth-order valence-corrected chi connectivity index (χ4v) is 3.22. The highest BCUT2D eigenvalue weighted by molar-refractivity contribution is 14.0. The van der Waals surface area contributed by atoms with Crippen molar-refractivity contribution >= 4 is 41.5 Å². The molecule has 3 heterocycles. The quantitative estimate of drug-likeness (QED) is 0.355. The minimum Gasteiger partial charge on any atom is -0.379 e. The average Bonchev–Trinajstić information content (AvgIpc) is 3.08. The number of carbonyl (C=O) groups excluding carboxylic acids is 1. The molecule has 152 valence electrons. The summed E-state index contributed by atoms with van der Waals surface area (Å²) in [4.78, 5) is 23.5. The van der Waals surface area contributed by atoms with Crippen molar-refractivity contribution < 1.29 is 9.53 Å². The van der Waals surface area contributed by atoms with Gasteiger partial charge >= 0.3 is 0 Å². The zero-order valence-electron chi connectivity index (χ0n) is 16.1. The molecule has 0 spiro atoms. The molecule has 3 rings (SSSR count). The molecule has 0 atom stereocenters. The number of piperazine rings is 1. The molecule has 2 aliphatic rings. The summed E-state index contributed by atoms with van der Waals surface area (Å²) in [6, 6.07) is 0. The smallest absolute Gasteiger partial charge is 0.246 e. The standard InChI is InChI=1S/C17H29N7O2.HI/c1-3-18-17(19-4-5-22-8-10-26-11-9-22)23-6-7-24(16(25)14-23)15-12-20-21(2)13-15;/h12-13H,3-11,14H2,1-2H3,(H,18,19);1H. The average molecular weight is 491 g/mol. The van der Waals surface area contributed by atoms with Gasteiger partial charge in [-0.05, 0) is 6.92 Å². The van der Waals surface area contributed by atoms with Crippen LogP contribution in [0.5, 0.6) is 0 Å². The Kier molecular flexibility index (Phi) is 8.77. The molecule has 1 amide bonds. The van der Waals surface area contributed by atoms with Crippen LogP contribution >= 0.6 is 24.0 Å². The predicted molar refractivity (Wildman–Crippen MR) is 116 cm³/mol. The zero-order chi connectivity index (χ0) is 18.4. The monoisotopic (exact) mass is 491 g/mol. The van der Waals surface area contributed by atoms with Gasteiger partial charge in [0.05, 0.1) is 31.6 Å². The first-order chi connectivity index (χ1) is 12.7. The van der Waals surface area contributed by atoms with E-state index in [1.165, 1.54) is 0 Å². The molecule has 2 fully saturated rings. The van der Waals surface area contributed by atoms with Gasteiger partial charge in [-0.25, -0.2) is 0 Å². The lowest BCUT2D eigenvalue weighted by Gasteiger charge is -2.35. The number of amides is 1. The van der Waals surface area contributed by atoms with Gasteiger partial charge in [0.2, 0.25) is 5.91 Å². The molecule has 1 N–H and O–H groups in total. The van der Waals surface area contributed by atoms with Crippen LogP contribution in [0.15, 0.2) is 17.4 Å². The van der Waals surface area contributed by atoms with Gasteiger partial charge in [0.1, 0.15) is 6.54 Å². The Labute approximate surface area is 177 Å². The molecule has 0 aromatic carbocycles. The Morgan fingerprint density at radius 3 is 2.70 bits per heavy atom. The highest BCUT2D eigenvalue weighted by Gasteiger charge is 2.27. The number of anilines is 1. The number of halogens is 1. The van der Waals surface area contributed by atoms with Gasteiger partial charge in [-0.15, -0.1) is 24.0 Å². The molecule has 0 aliphatic carbocycles. The van der Waals surface area contributed by atoms with Crippen LogP contribution in [0.1, 0.15) is 6.92 Å². The number of carbonyl (C=O) groups is 1. The molecular weight excluding hydrogens is 461 g/mol. The van der Waals surface area contributed by atoms with E-state index >= 15 is 0 Å². The lowest BCUT2D eigenvalue weighted by Crippen LogP contribution is -2.55. The third-order valence-electron chi connectivity index (χ3n) is 4.64. The van der Waals surface area contributed by atoms with Crippen LogP contribution in [-0.4, -0.2) is 97.0 Å². The SMILES string of the molecule is CCNC(=NCCN1CCOCC1)N1CCN(c2cnn(C)c2)C(=O)C1.I. The minimum atomic E-state index is 0. The van der Waals surface area contributed by atoms with Crippen LogP contribution in [0.4, 0.5) is 5.69 Å². The first-order valence-electron chi connectivity index (χ1n) is 9.29. The van der Waals surface area contributed by atoms with Crippen LogP contribution in [0.3, 0.4) is 0 Å². The number of nitrogens with one attached hydrogen (secondary N) is 1. The van der Waals surface area contributed by atoms with E-state index in [1.807, 2.05) is 25.1 Å². The molecule has 1 aromatic rings. The summed E-state index contributed by atoms with van der Waals surface area (Å²) in [5.41, 5.74) is 0.853. The second kappa shape index (κ2) is 10.8. The third kappa shape index (κ3) is 6.04. The number of nitrogens with zero attached hydrogens (tertiary/aromatic N) is 6. The van der Waals surface area contributed by atoms with E-state index in [2.05, 4.69) is 15.3 Å². The molecule has 9 nitrogen and oxygen atoms in total. The Balaban J connectivity index is 0.00000261. The normalized spacial score (nSPS) is 19.2. The summed E-state index contributed by atoms with van der Waals surface area (Å²) in [5, 5.41) is 7.47. The van der Waals surface area contributed by atoms with Gasteiger partial charge in [-0.1, -0.05) is 0 Å². The lowest BCUT2D eigenvalue weighted by atomic mass is 10.3. The van der Waals surface area contributed by atoms with Crippen LogP contribution < -0.4 is 10.2 Å². The van der Waals surface area contributed by atoms with Crippen LogP contribution in [0.2, 0.25) is 0 Å². The summed E-state index contributed by atoms with van der Waals surface area (Å²) in [7, 11) is 1.86. The second-order valence-electron chi connectivity index (χ2n) is 6.53. The highest BCUT2D eigenvalue weighted by Crippen LogP contribution is 2.16. The third-order valence-corrected chi connectivity index (χ3v) is 4.64. The molecule has 10 heteroatoms. The predicted octanol–water partition coefficient (Wildman–Crippen LogP) is -0.0156. The fraction of sp³-hybridized carbons (Fsp3) is 0.706. The van der Waals surface area contributed by atoms with Crippen molar-refractivity contribution in [1.29, 1.82) is 0 Å². The minimum absolute atomic E-state index is 0. The molecule has 0 bridgehead atoms. The first-order valence-corrected chi connectivity index (χ1v) is 9.29. The van der Waals surface area contributed by atoms with E-state index in [0.717, 1.165) is 64.1 Å². The van der Waals surface area contributed by atoms with Gasteiger partial charge in [-0.3, -0.25) is 19.4 Å². The first kappa shape index (κ1) is 21.9. The topological polar surface area (TPSA) is 78.2 Å². The van der Waals surface area contributed by atoms with Crippen LogP contribution in [0, 0.1) is 0 Å². The summed E-state index contributed by atoms with van der Waals surface area (Å²) in [5.74, 6) is 0.892. The summed E-state index contributed by atoms with van der Waals surface area (Å²) < 4.78 is 7.09. The van der Waals surface area contributed by atoms with Gasteiger partial charge < -0.3 is 19.9 Å². The van der Waals surface area contributed by atoms with Crippen LogP contribution in [0.25, 0.3) is 0 Å². The van der Waals surface area contributed by atoms with Crippen molar-refractivity contribution in [2.24, 2.45) is 12.0 Å². The molecule has 0 saturated carbocycles. The van der Waals surface area contributed by atoms with Crippen molar-refractivity contribution in [3.63, 3.8) is 0 Å². The molecule has 2 saturated heterocycles. The Hall–Kier alpha value is -1.40. The number of aryl methyl sites for hydroxylation is 1. The Bertz CT molecular complexity index is 631. The lowest BCUT2D eigenvalue weighted by molar-refractivity contribution is -0.120. The molecule has 0 unspecified atom stereocenters. The highest BCUT2D eigenvalue weighted by atomic mass is 127. The van der Waals surface area contributed by atoms with Gasteiger partial charge in [-0.2, -0.15) is 5.10 Å². The van der Waals surface area contributed by atoms with E-state index in [-0.39, 0.29) is 29.9 Å². The number of hydrogen-bond acceptors (Lipinski definition) is 5. The number of ether oxygens (including phenoxy) is 1. The fourth-order valence-electron chi connectivity index (χ4n) is 3.22. The van der Waals surface area contributed by atoms with Crippen molar-refractivity contribution in [3.05, 3.63) is 12.4 Å². The molecule has 2 aliphatic heterocycles. The van der Waals surface area contributed by atoms with Gasteiger partial charge in [0.25, 0.3) is 0 Å². The number of morpholine rings is 1. The number of aliphatic imine (C=N–C) groups is 1. The van der Waals surface area contributed by atoms with E-state index in [9.17, 15) is 4.79 Å². The van der Waals surface area contributed by atoms with Crippen molar-refractivity contribution in [2.45, 2.75) is 6.92 Å². The maximum atomic E-state index is 12.6. The number of aromatic nitrogens is 2. The number of guanidine groups is 1. The summed E-state index contributed by atoms with van der Waals surface area (Å²) in [6.07, 6.45) is 3.60. The van der Waals surface area contributed by atoms with E-state index in [4.69, 9.17) is 9.73 Å². The molecular formula is C17H30IN7O2. The largest absolute Gasteiger partial charge is 0.379 e. The molecule has 0 radical (unpaired) electrons. The second-order valence-corrected chi connectivity index (χ2v) is 6.53. The zero-order valence-corrected chi connectivity index (χ0v) is 18.5. The van der Waals surface area contributed by atoms with Crippen molar-refractivity contribution in [3.8, 4) is 0 Å². The van der Waals surface area contributed by atoms with Gasteiger partial charge in [0.15, 0.2) is 5.96 Å². The summed E-state index contributed by atoms with van der Waals surface area (Å²) in [6.45, 7) is 9.73.